The van der Waals surface area contributed by atoms with E-state index in [1.54, 1.807) is 22.3 Å². The van der Waals surface area contributed by atoms with Gasteiger partial charge in [0, 0.05) is 25.7 Å². The van der Waals surface area contributed by atoms with Crippen LogP contribution in [0.5, 0.6) is 5.75 Å². The van der Waals surface area contributed by atoms with E-state index >= 15 is 0 Å². The molecule has 0 saturated carbocycles. The van der Waals surface area contributed by atoms with Gasteiger partial charge in [0.2, 0.25) is 5.91 Å². The Bertz CT molecular complexity index is 1140. The predicted octanol–water partition coefficient (Wildman–Crippen LogP) is 2.89. The molecule has 1 fully saturated rings. The lowest BCUT2D eigenvalue weighted by Gasteiger charge is -2.33. The number of rotatable bonds is 3. The van der Waals surface area contributed by atoms with E-state index in [4.69, 9.17) is 14.5 Å². The van der Waals surface area contributed by atoms with Crippen LogP contribution >= 0.6 is 11.3 Å². The Labute approximate surface area is 183 Å². The molecule has 9 heteroatoms. The van der Waals surface area contributed by atoms with Crippen molar-refractivity contribution in [3.63, 3.8) is 0 Å². The fourth-order valence-corrected chi connectivity index (χ4v) is 4.83. The zero-order chi connectivity index (χ0) is 21.4. The number of carbonyl (C=O) groups is 2. The first-order valence-corrected chi connectivity index (χ1v) is 11.0. The lowest BCUT2D eigenvalue weighted by Crippen LogP contribution is -2.48. The van der Waals surface area contributed by atoms with Gasteiger partial charge in [-0.05, 0) is 30.3 Å². The van der Waals surface area contributed by atoms with Crippen LogP contribution in [0.3, 0.4) is 0 Å². The minimum atomic E-state index is -0.792. The number of fused-ring (bicyclic) bond motifs is 2. The van der Waals surface area contributed by atoms with E-state index in [-0.39, 0.29) is 18.4 Å². The highest BCUT2D eigenvalue weighted by molar-refractivity contribution is 7.22. The summed E-state index contributed by atoms with van der Waals surface area (Å²) >= 11 is 1.60. The molecule has 8 nitrogen and oxygen atoms in total. The third kappa shape index (κ3) is 3.94. The van der Waals surface area contributed by atoms with Crippen molar-refractivity contribution < 1.29 is 19.1 Å². The van der Waals surface area contributed by atoms with Gasteiger partial charge >= 0.3 is 0 Å². The number of ether oxygens (including phenoxy) is 2. The fraction of sp³-hybridized carbons (Fsp3) is 0.318. The van der Waals surface area contributed by atoms with Crippen LogP contribution in [-0.4, -0.2) is 55.8 Å². The second kappa shape index (κ2) is 8.16. The molecule has 31 heavy (non-hydrogen) atoms. The standard InChI is InChI=1S/C22H22N4O4S/c1-14(27)26-13-19(30-18-5-3-2-4-17(18)26)21(28)23-15-6-7-16-20(12-15)31-22(24-16)25-8-10-29-11-9-25/h2-7,12,19H,8-11,13H2,1H3,(H,23,28)/t19-/m0/s1. The first kappa shape index (κ1) is 19.8. The Kier molecular flexibility index (Phi) is 5.21. The van der Waals surface area contributed by atoms with Crippen LogP contribution in [0.1, 0.15) is 6.92 Å². The highest BCUT2D eigenvalue weighted by Crippen LogP contribution is 2.34. The van der Waals surface area contributed by atoms with Gasteiger partial charge in [0.25, 0.3) is 5.91 Å². The highest BCUT2D eigenvalue weighted by atomic mass is 32.1. The first-order chi connectivity index (χ1) is 15.1. The molecule has 1 atom stereocenters. The number of aromatic nitrogens is 1. The average Bonchev–Trinajstić information content (AvgIpc) is 3.22. The molecule has 1 N–H and O–H groups in total. The molecule has 2 aliphatic rings. The molecule has 3 heterocycles. The number of nitrogens with one attached hydrogen (secondary N) is 1. The van der Waals surface area contributed by atoms with Gasteiger partial charge < -0.3 is 24.6 Å². The first-order valence-electron chi connectivity index (χ1n) is 10.2. The van der Waals surface area contributed by atoms with E-state index in [0.29, 0.717) is 30.3 Å². The second-order valence-corrected chi connectivity index (χ2v) is 8.48. The van der Waals surface area contributed by atoms with E-state index in [0.717, 1.165) is 28.4 Å². The molecule has 160 valence electrons. The lowest BCUT2D eigenvalue weighted by molar-refractivity contribution is -0.123. The van der Waals surface area contributed by atoms with Gasteiger partial charge in [-0.3, -0.25) is 9.59 Å². The van der Waals surface area contributed by atoms with Crippen molar-refractivity contribution in [2.45, 2.75) is 13.0 Å². The molecule has 2 amide bonds. The molecule has 5 rings (SSSR count). The topological polar surface area (TPSA) is 84.0 Å². The van der Waals surface area contributed by atoms with Crippen molar-refractivity contribution in [1.29, 1.82) is 0 Å². The molecular formula is C22H22N4O4S. The maximum atomic E-state index is 12.9. The Morgan fingerprint density at radius 1 is 1.16 bits per heavy atom. The summed E-state index contributed by atoms with van der Waals surface area (Å²) in [6.07, 6.45) is -0.792. The zero-order valence-corrected chi connectivity index (χ0v) is 17.9. The quantitative estimate of drug-likeness (QED) is 0.677. The normalized spacial score (nSPS) is 18.4. The number of thiazole rings is 1. The molecular weight excluding hydrogens is 416 g/mol. The van der Waals surface area contributed by atoms with Crippen LogP contribution in [-0.2, 0) is 14.3 Å². The minimum Gasteiger partial charge on any atom is -0.476 e. The second-order valence-electron chi connectivity index (χ2n) is 7.47. The number of anilines is 3. The molecule has 1 aromatic heterocycles. The summed E-state index contributed by atoms with van der Waals surface area (Å²) in [5.74, 6) is 0.102. The van der Waals surface area contributed by atoms with Crippen molar-refractivity contribution in [3.8, 4) is 5.75 Å². The van der Waals surface area contributed by atoms with Gasteiger partial charge in [0.15, 0.2) is 11.2 Å². The SMILES string of the molecule is CC(=O)N1C[C@@H](C(=O)Nc2ccc3nc(N4CCOCC4)sc3c2)Oc2ccccc21. The number of hydrogen-bond donors (Lipinski definition) is 1. The molecule has 0 aliphatic carbocycles. The summed E-state index contributed by atoms with van der Waals surface area (Å²) in [6, 6.07) is 12.9. The molecule has 0 bridgehead atoms. The number of morpholine rings is 1. The number of nitrogens with zero attached hydrogens (tertiary/aromatic N) is 3. The lowest BCUT2D eigenvalue weighted by atomic mass is 10.1. The third-order valence-corrected chi connectivity index (χ3v) is 6.45. The molecule has 0 radical (unpaired) electrons. The minimum absolute atomic E-state index is 0.129. The summed E-state index contributed by atoms with van der Waals surface area (Å²) in [6.45, 7) is 4.73. The molecule has 3 aromatic rings. The smallest absolute Gasteiger partial charge is 0.267 e. The number of para-hydroxylation sites is 2. The van der Waals surface area contributed by atoms with Crippen LogP contribution in [0, 0.1) is 0 Å². The maximum absolute atomic E-state index is 12.9. The molecule has 0 spiro atoms. The molecule has 2 aromatic carbocycles. The van der Waals surface area contributed by atoms with Crippen molar-refractivity contribution in [2.24, 2.45) is 0 Å². The van der Waals surface area contributed by atoms with Crippen molar-refractivity contribution in [3.05, 3.63) is 42.5 Å². The van der Waals surface area contributed by atoms with Gasteiger partial charge in [-0.15, -0.1) is 0 Å². The van der Waals surface area contributed by atoms with Gasteiger partial charge in [-0.1, -0.05) is 23.5 Å². The predicted molar refractivity (Wildman–Crippen MR) is 120 cm³/mol. The molecule has 0 unspecified atom stereocenters. The Balaban J connectivity index is 1.33. The summed E-state index contributed by atoms with van der Waals surface area (Å²) in [5, 5.41) is 3.89. The van der Waals surface area contributed by atoms with Crippen LogP contribution in [0.2, 0.25) is 0 Å². The van der Waals surface area contributed by atoms with Crippen molar-refractivity contribution in [1.82, 2.24) is 4.98 Å². The Hall–Kier alpha value is -3.17. The van der Waals surface area contributed by atoms with Gasteiger partial charge in [0.05, 0.1) is 35.7 Å². The van der Waals surface area contributed by atoms with E-state index in [2.05, 4.69) is 10.2 Å². The summed E-state index contributed by atoms with van der Waals surface area (Å²) < 4.78 is 12.3. The summed E-state index contributed by atoms with van der Waals surface area (Å²) in [7, 11) is 0. The molecule has 1 saturated heterocycles. The average molecular weight is 439 g/mol. The number of benzene rings is 2. The summed E-state index contributed by atoms with van der Waals surface area (Å²) in [4.78, 5) is 33.5. The monoisotopic (exact) mass is 438 g/mol. The van der Waals surface area contributed by atoms with Gasteiger partial charge in [-0.2, -0.15) is 0 Å². The third-order valence-electron chi connectivity index (χ3n) is 5.37. The van der Waals surface area contributed by atoms with Crippen LogP contribution in [0.4, 0.5) is 16.5 Å². The fourth-order valence-electron chi connectivity index (χ4n) is 3.77. The Morgan fingerprint density at radius 3 is 2.77 bits per heavy atom. The summed E-state index contributed by atoms with van der Waals surface area (Å²) in [5.41, 5.74) is 2.25. The van der Waals surface area contributed by atoms with Crippen molar-refractivity contribution in [2.75, 3.05) is 48.0 Å². The number of amides is 2. The van der Waals surface area contributed by atoms with E-state index in [1.807, 2.05) is 36.4 Å². The van der Waals surface area contributed by atoms with E-state index < -0.39 is 6.10 Å². The van der Waals surface area contributed by atoms with Crippen molar-refractivity contribution >= 4 is 49.9 Å². The van der Waals surface area contributed by atoms with Gasteiger partial charge in [-0.25, -0.2) is 4.98 Å². The van der Waals surface area contributed by atoms with Crippen LogP contribution in [0.25, 0.3) is 10.2 Å². The highest BCUT2D eigenvalue weighted by Gasteiger charge is 2.32. The number of carbonyl (C=O) groups excluding carboxylic acids is 2. The van der Waals surface area contributed by atoms with Crippen LogP contribution < -0.4 is 19.9 Å². The Morgan fingerprint density at radius 2 is 1.97 bits per heavy atom. The van der Waals surface area contributed by atoms with Gasteiger partial charge in [0.1, 0.15) is 5.75 Å². The number of hydrogen-bond acceptors (Lipinski definition) is 7. The maximum Gasteiger partial charge on any atom is 0.267 e. The molecule has 2 aliphatic heterocycles. The largest absolute Gasteiger partial charge is 0.476 e. The zero-order valence-electron chi connectivity index (χ0n) is 17.0. The van der Waals surface area contributed by atoms with E-state index in [9.17, 15) is 9.59 Å². The van der Waals surface area contributed by atoms with E-state index in [1.165, 1.54) is 6.92 Å². The van der Waals surface area contributed by atoms with Crippen LogP contribution in [0.15, 0.2) is 42.5 Å².